The molecule has 3 N–H and O–H groups in total. The van der Waals surface area contributed by atoms with Gasteiger partial charge in [-0.25, -0.2) is 9.37 Å². The highest BCUT2D eigenvalue weighted by Gasteiger charge is 2.41. The normalized spacial score (nSPS) is 17.3. The van der Waals surface area contributed by atoms with Gasteiger partial charge in [0, 0.05) is 5.69 Å². The smallest absolute Gasteiger partial charge is 0.270 e. The van der Waals surface area contributed by atoms with Crippen molar-refractivity contribution >= 4 is 29.1 Å². The summed E-state index contributed by atoms with van der Waals surface area (Å²) >= 11 is 0. The van der Waals surface area contributed by atoms with Crippen molar-refractivity contribution in [2.45, 2.75) is 32.9 Å². The first kappa shape index (κ1) is 18.6. The van der Waals surface area contributed by atoms with E-state index >= 15 is 0 Å². The maximum absolute atomic E-state index is 13.0. The van der Waals surface area contributed by atoms with Gasteiger partial charge in [-0.05, 0) is 49.2 Å². The highest BCUT2D eigenvalue weighted by atomic mass is 19.1. The number of hydrogen-bond donors (Lipinski definition) is 2. The van der Waals surface area contributed by atoms with Crippen LogP contribution in [0.25, 0.3) is 0 Å². The van der Waals surface area contributed by atoms with Crippen molar-refractivity contribution in [3.05, 3.63) is 42.2 Å². The van der Waals surface area contributed by atoms with E-state index in [2.05, 4.69) is 10.3 Å². The molecule has 142 valence electrons. The molecule has 0 bridgehead atoms. The van der Waals surface area contributed by atoms with Crippen molar-refractivity contribution in [3.63, 3.8) is 0 Å². The largest absolute Gasteiger partial charge is 0.476 e. The quantitative estimate of drug-likeness (QED) is 0.860. The molecule has 2 atom stereocenters. The number of nitrogens with zero attached hydrogens (tertiary/aromatic N) is 2. The van der Waals surface area contributed by atoms with E-state index < -0.39 is 23.9 Å². The van der Waals surface area contributed by atoms with Crippen molar-refractivity contribution in [1.82, 2.24) is 4.98 Å². The van der Waals surface area contributed by atoms with Crippen LogP contribution in [0, 0.1) is 11.7 Å². The zero-order chi connectivity index (χ0) is 19.7. The fraction of sp³-hybridized carbons (Fsp3) is 0.316. The molecule has 0 fully saturated rings. The van der Waals surface area contributed by atoms with Gasteiger partial charge < -0.3 is 15.8 Å². The Balaban J connectivity index is 1.92. The van der Waals surface area contributed by atoms with Crippen molar-refractivity contribution < 1.29 is 18.7 Å². The van der Waals surface area contributed by atoms with E-state index in [1.54, 1.807) is 19.1 Å². The Bertz CT molecular complexity index is 870. The Morgan fingerprint density at radius 1 is 1.22 bits per heavy atom. The van der Waals surface area contributed by atoms with Crippen LogP contribution in [0.3, 0.4) is 0 Å². The predicted octanol–water partition coefficient (Wildman–Crippen LogP) is 2.58. The zero-order valence-corrected chi connectivity index (χ0v) is 15.3. The van der Waals surface area contributed by atoms with Gasteiger partial charge in [-0.1, -0.05) is 13.8 Å². The van der Waals surface area contributed by atoms with Crippen molar-refractivity contribution in [2.75, 3.05) is 16.0 Å². The fourth-order valence-corrected chi connectivity index (χ4v) is 2.84. The molecule has 7 nitrogen and oxygen atoms in total. The van der Waals surface area contributed by atoms with E-state index in [1.165, 1.54) is 29.2 Å². The molecule has 0 saturated carbocycles. The van der Waals surface area contributed by atoms with Crippen LogP contribution in [-0.2, 0) is 9.59 Å². The number of hydrogen-bond acceptors (Lipinski definition) is 5. The summed E-state index contributed by atoms with van der Waals surface area (Å²) in [5.41, 5.74) is 6.18. The number of ether oxygens (including phenoxy) is 1. The molecule has 1 aliphatic rings. The molecule has 2 amide bonds. The minimum absolute atomic E-state index is 0.0990. The Morgan fingerprint density at radius 2 is 1.89 bits per heavy atom. The van der Waals surface area contributed by atoms with E-state index in [9.17, 15) is 14.0 Å². The van der Waals surface area contributed by atoms with Gasteiger partial charge in [-0.15, -0.1) is 0 Å². The lowest BCUT2D eigenvalue weighted by molar-refractivity contribution is -0.130. The van der Waals surface area contributed by atoms with E-state index in [1.807, 2.05) is 13.8 Å². The summed E-state index contributed by atoms with van der Waals surface area (Å²) in [5.74, 6) is -0.491. The number of carbonyl (C=O) groups is 2. The number of amides is 2. The number of rotatable bonds is 4. The van der Waals surface area contributed by atoms with Gasteiger partial charge in [0.05, 0.1) is 0 Å². The molecule has 8 heteroatoms. The van der Waals surface area contributed by atoms with E-state index in [0.717, 1.165) is 0 Å². The van der Waals surface area contributed by atoms with Crippen LogP contribution in [0.15, 0.2) is 36.4 Å². The second kappa shape index (κ2) is 7.22. The molecule has 1 aromatic carbocycles. The van der Waals surface area contributed by atoms with Crippen LogP contribution in [0.1, 0.15) is 20.8 Å². The molecule has 0 saturated heterocycles. The average Bonchev–Trinajstić information content (AvgIpc) is 2.62. The molecular weight excluding hydrogens is 351 g/mol. The van der Waals surface area contributed by atoms with Crippen LogP contribution in [0.5, 0.6) is 5.75 Å². The molecular formula is C19H21FN4O3. The Kier molecular flexibility index (Phi) is 4.98. The lowest BCUT2D eigenvalue weighted by Gasteiger charge is -2.37. The molecule has 0 radical (unpaired) electrons. The number of nitrogens with one attached hydrogen (secondary N) is 1. The Labute approximate surface area is 156 Å². The minimum Gasteiger partial charge on any atom is -0.476 e. The Hall–Kier alpha value is -3.16. The lowest BCUT2D eigenvalue weighted by Crippen LogP contribution is -2.55. The zero-order valence-electron chi connectivity index (χ0n) is 15.3. The van der Waals surface area contributed by atoms with Gasteiger partial charge in [0.2, 0.25) is 5.91 Å². The van der Waals surface area contributed by atoms with Gasteiger partial charge >= 0.3 is 0 Å². The van der Waals surface area contributed by atoms with E-state index in [4.69, 9.17) is 10.5 Å². The third kappa shape index (κ3) is 3.69. The first-order valence-electron chi connectivity index (χ1n) is 8.60. The number of nitrogens with two attached hydrogens (primary N) is 1. The third-order valence-electron chi connectivity index (χ3n) is 4.31. The summed E-state index contributed by atoms with van der Waals surface area (Å²) in [6, 6.07) is 7.72. The molecule has 0 spiro atoms. The number of anilines is 3. The maximum Gasteiger partial charge on any atom is 0.270 e. The molecule has 0 aliphatic carbocycles. The molecule has 1 aliphatic heterocycles. The van der Waals surface area contributed by atoms with Crippen LogP contribution >= 0.6 is 0 Å². The third-order valence-corrected chi connectivity index (χ3v) is 4.31. The molecule has 3 rings (SSSR count). The lowest BCUT2D eigenvalue weighted by atomic mass is 10.0. The SMILES string of the molecule is CC(C)C1Oc2ccc(N)nc2N(C(C)C(=O)Nc2ccc(F)cc2)C1=O. The number of fused-ring (bicyclic) bond motifs is 1. The van der Waals surface area contributed by atoms with Crippen LogP contribution in [-0.4, -0.2) is 28.9 Å². The number of nitrogen functional groups attached to an aromatic ring is 1. The minimum atomic E-state index is -0.874. The van der Waals surface area contributed by atoms with Gasteiger partial charge in [-0.3, -0.25) is 14.5 Å². The summed E-state index contributed by atoms with van der Waals surface area (Å²) in [4.78, 5) is 31.2. The Morgan fingerprint density at radius 3 is 2.52 bits per heavy atom. The number of halogens is 1. The van der Waals surface area contributed by atoms with Gasteiger partial charge in [-0.2, -0.15) is 0 Å². The monoisotopic (exact) mass is 372 g/mol. The van der Waals surface area contributed by atoms with Crippen molar-refractivity contribution in [2.24, 2.45) is 5.92 Å². The van der Waals surface area contributed by atoms with Crippen molar-refractivity contribution in [1.29, 1.82) is 0 Å². The predicted molar refractivity (Wildman–Crippen MR) is 99.9 cm³/mol. The molecule has 2 unspecified atom stereocenters. The molecule has 2 heterocycles. The first-order valence-corrected chi connectivity index (χ1v) is 8.60. The summed E-state index contributed by atoms with van der Waals surface area (Å²) in [7, 11) is 0. The highest BCUT2D eigenvalue weighted by molar-refractivity contribution is 6.07. The number of benzene rings is 1. The van der Waals surface area contributed by atoms with Gasteiger partial charge in [0.25, 0.3) is 5.91 Å². The molecule has 1 aromatic heterocycles. The molecule has 2 aromatic rings. The summed E-state index contributed by atoms with van der Waals surface area (Å²) in [5, 5.41) is 2.68. The molecule has 27 heavy (non-hydrogen) atoms. The second-order valence-corrected chi connectivity index (χ2v) is 6.72. The average molecular weight is 372 g/mol. The number of pyridine rings is 1. The maximum atomic E-state index is 13.0. The summed E-state index contributed by atoms with van der Waals surface area (Å²) in [6.07, 6.45) is -0.732. The topological polar surface area (TPSA) is 97.6 Å². The number of carbonyl (C=O) groups excluding carboxylic acids is 2. The number of aromatic nitrogens is 1. The van der Waals surface area contributed by atoms with Crippen LogP contribution in [0.2, 0.25) is 0 Å². The standard InChI is InChI=1S/C19H21FN4O3/c1-10(2)16-19(26)24(17-14(27-16)8-9-15(21)23-17)11(3)18(25)22-13-6-4-12(20)5-7-13/h4-11,16H,1-3H3,(H2,21,23)(H,22,25). The van der Waals surface area contributed by atoms with Crippen LogP contribution < -0.4 is 20.7 Å². The van der Waals surface area contributed by atoms with E-state index in [-0.39, 0.29) is 23.5 Å². The van der Waals surface area contributed by atoms with Crippen molar-refractivity contribution in [3.8, 4) is 5.75 Å². The first-order chi connectivity index (χ1) is 12.8. The van der Waals surface area contributed by atoms with Gasteiger partial charge in [0.1, 0.15) is 17.7 Å². The summed E-state index contributed by atoms with van der Waals surface area (Å²) < 4.78 is 18.8. The van der Waals surface area contributed by atoms with Gasteiger partial charge in [0.15, 0.2) is 17.7 Å². The second-order valence-electron chi connectivity index (χ2n) is 6.72. The highest BCUT2D eigenvalue weighted by Crippen LogP contribution is 2.36. The summed E-state index contributed by atoms with van der Waals surface area (Å²) in [6.45, 7) is 5.31. The fourth-order valence-electron chi connectivity index (χ4n) is 2.84. The van der Waals surface area contributed by atoms with Crippen LogP contribution in [0.4, 0.5) is 21.7 Å². The van der Waals surface area contributed by atoms with E-state index in [0.29, 0.717) is 11.4 Å².